The predicted octanol–water partition coefficient (Wildman–Crippen LogP) is 1.57. The van der Waals surface area contributed by atoms with Crippen LogP contribution in [-0.2, 0) is 4.79 Å². The van der Waals surface area contributed by atoms with Gasteiger partial charge in [-0.25, -0.2) is 0 Å². The summed E-state index contributed by atoms with van der Waals surface area (Å²) in [6.45, 7) is 3.67. The molecular weight excluding hydrogens is 306 g/mol. The maximum atomic E-state index is 12.5. The van der Waals surface area contributed by atoms with Crippen LogP contribution in [0.1, 0.15) is 31.4 Å². The number of ether oxygens (including phenoxy) is 1. The number of aliphatic hydroxyl groups excluding tert-OH is 1. The number of aliphatic hydroxyl groups is 1. The van der Waals surface area contributed by atoms with Crippen molar-refractivity contribution >= 4 is 5.91 Å². The molecule has 24 heavy (non-hydrogen) atoms. The van der Waals surface area contributed by atoms with Crippen LogP contribution in [0.3, 0.4) is 0 Å². The van der Waals surface area contributed by atoms with Crippen LogP contribution in [0, 0.1) is 11.3 Å². The highest BCUT2D eigenvalue weighted by Gasteiger charge is 2.34. The predicted molar refractivity (Wildman–Crippen MR) is 90.4 cm³/mol. The van der Waals surface area contributed by atoms with E-state index in [1.54, 1.807) is 12.0 Å². The Hall–Kier alpha value is -2.10. The zero-order chi connectivity index (χ0) is 17.5. The van der Waals surface area contributed by atoms with Crippen molar-refractivity contribution in [3.63, 3.8) is 0 Å². The molecule has 6 nitrogen and oxygen atoms in total. The number of likely N-dealkylation sites (tertiary alicyclic amines) is 1. The number of amides is 1. The first-order chi connectivity index (χ1) is 11.6. The van der Waals surface area contributed by atoms with Gasteiger partial charge in [-0.2, -0.15) is 5.26 Å². The van der Waals surface area contributed by atoms with Crippen LogP contribution in [0.2, 0.25) is 0 Å². The van der Waals surface area contributed by atoms with Gasteiger partial charge in [-0.3, -0.25) is 9.69 Å². The van der Waals surface area contributed by atoms with Crippen molar-refractivity contribution in [2.75, 3.05) is 33.3 Å². The summed E-state index contributed by atoms with van der Waals surface area (Å²) in [5.74, 6) is 0.763. The minimum Gasteiger partial charge on any atom is -0.497 e. The number of hydrogen-bond acceptors (Lipinski definition) is 5. The number of likely N-dealkylation sites (N-methyl/N-ethyl adjacent to an activating group) is 1. The van der Waals surface area contributed by atoms with Gasteiger partial charge in [0, 0.05) is 25.7 Å². The monoisotopic (exact) mass is 331 g/mol. The van der Waals surface area contributed by atoms with Gasteiger partial charge in [0.2, 0.25) is 5.91 Å². The summed E-state index contributed by atoms with van der Waals surface area (Å²) in [5.41, 5.74) is 1.04. The minimum absolute atomic E-state index is 0.00486. The molecule has 0 aromatic heterocycles. The highest BCUT2D eigenvalue weighted by molar-refractivity contribution is 5.78. The number of nitrogens with zero attached hydrogens (tertiary/aromatic N) is 3. The Labute approximate surface area is 143 Å². The summed E-state index contributed by atoms with van der Waals surface area (Å²) >= 11 is 0. The molecule has 1 aliphatic rings. The summed E-state index contributed by atoms with van der Waals surface area (Å²) < 4.78 is 5.27. The van der Waals surface area contributed by atoms with Crippen LogP contribution in [0.5, 0.6) is 5.75 Å². The van der Waals surface area contributed by atoms with Crippen LogP contribution < -0.4 is 4.74 Å². The van der Waals surface area contributed by atoms with Crippen LogP contribution in [0.4, 0.5) is 0 Å². The van der Waals surface area contributed by atoms with Gasteiger partial charge in [0.15, 0.2) is 0 Å². The first-order valence-electron chi connectivity index (χ1n) is 8.29. The molecule has 130 valence electrons. The van der Waals surface area contributed by atoms with Gasteiger partial charge in [-0.15, -0.1) is 0 Å². The SMILES string of the molecule is CCN(CCC#N)C(=O)CN1C[C@H](O)C[C@@H]1c1cccc(OC)c1. The third kappa shape index (κ3) is 4.47. The van der Waals surface area contributed by atoms with Gasteiger partial charge in [0.05, 0.1) is 32.2 Å². The molecule has 1 fully saturated rings. The molecular formula is C18H25N3O3. The maximum Gasteiger partial charge on any atom is 0.236 e. The first kappa shape index (κ1) is 18.2. The number of β-amino-alcohol motifs (C(OH)–C–C–N with tert-alkyl or cyclic N) is 1. The van der Waals surface area contributed by atoms with Gasteiger partial charge < -0.3 is 14.7 Å². The maximum absolute atomic E-state index is 12.5. The van der Waals surface area contributed by atoms with Crippen molar-refractivity contribution < 1.29 is 14.6 Å². The van der Waals surface area contributed by atoms with E-state index in [1.807, 2.05) is 36.1 Å². The second-order valence-electron chi connectivity index (χ2n) is 5.99. The molecule has 0 unspecified atom stereocenters. The Morgan fingerprint density at radius 3 is 3.00 bits per heavy atom. The van der Waals surface area contributed by atoms with Gasteiger partial charge in [-0.1, -0.05) is 12.1 Å². The van der Waals surface area contributed by atoms with E-state index in [4.69, 9.17) is 10.00 Å². The molecule has 2 atom stereocenters. The Kier molecular flexibility index (Phi) is 6.59. The number of benzene rings is 1. The van der Waals surface area contributed by atoms with E-state index in [9.17, 15) is 9.90 Å². The lowest BCUT2D eigenvalue weighted by Crippen LogP contribution is -2.41. The molecule has 6 heteroatoms. The van der Waals surface area contributed by atoms with E-state index in [-0.39, 0.29) is 18.5 Å². The molecule has 1 aliphatic heterocycles. The standard InChI is InChI=1S/C18H25N3O3/c1-3-20(9-5-8-19)18(23)13-21-12-15(22)11-17(21)14-6-4-7-16(10-14)24-2/h4,6-7,10,15,17,22H,3,5,9,11-13H2,1-2H3/t15-,17-/m1/s1. The Morgan fingerprint density at radius 2 is 2.33 bits per heavy atom. The van der Waals surface area contributed by atoms with E-state index >= 15 is 0 Å². The molecule has 0 bridgehead atoms. The lowest BCUT2D eigenvalue weighted by Gasteiger charge is -2.27. The molecule has 0 aliphatic carbocycles. The normalized spacial score (nSPS) is 20.6. The van der Waals surface area contributed by atoms with Gasteiger partial charge in [0.25, 0.3) is 0 Å². The quantitative estimate of drug-likeness (QED) is 0.820. The Balaban J connectivity index is 2.09. The average Bonchev–Trinajstić information content (AvgIpc) is 2.96. The smallest absolute Gasteiger partial charge is 0.236 e. The largest absolute Gasteiger partial charge is 0.497 e. The second kappa shape index (κ2) is 8.67. The van der Waals surface area contributed by atoms with Crippen LogP contribution in [0.15, 0.2) is 24.3 Å². The van der Waals surface area contributed by atoms with Crippen molar-refractivity contribution in [3.8, 4) is 11.8 Å². The fraction of sp³-hybridized carbons (Fsp3) is 0.556. The number of carbonyl (C=O) groups is 1. The van der Waals surface area contributed by atoms with Gasteiger partial charge >= 0.3 is 0 Å². The lowest BCUT2D eigenvalue weighted by atomic mass is 10.0. The van der Waals surface area contributed by atoms with Crippen LogP contribution in [-0.4, -0.2) is 60.2 Å². The third-order valence-corrected chi connectivity index (χ3v) is 4.43. The fourth-order valence-electron chi connectivity index (χ4n) is 3.17. The lowest BCUT2D eigenvalue weighted by molar-refractivity contribution is -0.132. The molecule has 1 aromatic carbocycles. The molecule has 1 saturated heterocycles. The van der Waals surface area contributed by atoms with Crippen molar-refractivity contribution in [2.45, 2.75) is 31.9 Å². The number of rotatable bonds is 7. The van der Waals surface area contributed by atoms with E-state index in [1.165, 1.54) is 0 Å². The molecule has 0 radical (unpaired) electrons. The molecule has 1 heterocycles. The third-order valence-electron chi connectivity index (χ3n) is 4.43. The topological polar surface area (TPSA) is 76.8 Å². The number of nitriles is 1. The van der Waals surface area contributed by atoms with Gasteiger partial charge in [0.1, 0.15) is 5.75 Å². The van der Waals surface area contributed by atoms with Crippen LogP contribution in [0.25, 0.3) is 0 Å². The number of carbonyl (C=O) groups excluding carboxylic acids is 1. The number of hydrogen-bond donors (Lipinski definition) is 1. The van der Waals surface area contributed by atoms with Crippen molar-refractivity contribution in [3.05, 3.63) is 29.8 Å². The minimum atomic E-state index is -0.441. The van der Waals surface area contributed by atoms with E-state index < -0.39 is 6.10 Å². The average molecular weight is 331 g/mol. The summed E-state index contributed by atoms with van der Waals surface area (Å²) in [6.07, 6.45) is 0.495. The summed E-state index contributed by atoms with van der Waals surface area (Å²) in [4.78, 5) is 16.2. The molecule has 0 spiro atoms. The molecule has 1 amide bonds. The Morgan fingerprint density at radius 1 is 1.54 bits per heavy atom. The van der Waals surface area contributed by atoms with Gasteiger partial charge in [-0.05, 0) is 31.0 Å². The van der Waals surface area contributed by atoms with Crippen molar-refractivity contribution in [1.82, 2.24) is 9.80 Å². The van der Waals surface area contributed by atoms with E-state index in [2.05, 4.69) is 6.07 Å². The summed E-state index contributed by atoms with van der Waals surface area (Å²) in [7, 11) is 1.62. The molecule has 1 aromatic rings. The zero-order valence-electron chi connectivity index (χ0n) is 14.3. The van der Waals surface area contributed by atoms with Crippen molar-refractivity contribution in [1.29, 1.82) is 5.26 Å². The highest BCUT2D eigenvalue weighted by atomic mass is 16.5. The summed E-state index contributed by atoms with van der Waals surface area (Å²) in [5, 5.41) is 18.8. The molecule has 1 N–H and O–H groups in total. The van der Waals surface area contributed by atoms with E-state index in [0.29, 0.717) is 32.5 Å². The first-order valence-corrected chi connectivity index (χ1v) is 8.29. The molecule has 0 saturated carbocycles. The van der Waals surface area contributed by atoms with E-state index in [0.717, 1.165) is 11.3 Å². The van der Waals surface area contributed by atoms with Crippen molar-refractivity contribution in [2.24, 2.45) is 0 Å². The fourth-order valence-corrected chi connectivity index (χ4v) is 3.17. The highest BCUT2D eigenvalue weighted by Crippen LogP contribution is 2.33. The van der Waals surface area contributed by atoms with Crippen LogP contribution >= 0.6 is 0 Å². The Bertz CT molecular complexity index is 599. The number of methoxy groups -OCH3 is 1. The molecule has 2 rings (SSSR count). The zero-order valence-corrected chi connectivity index (χ0v) is 14.3. The summed E-state index contributed by atoms with van der Waals surface area (Å²) in [6, 6.07) is 9.82. The second-order valence-corrected chi connectivity index (χ2v) is 5.99.